The monoisotopic (exact) mass is 237 g/mol. The largest absolute Gasteiger partial charge is 0.302 e. The smallest absolute Gasteiger partial charge is 0.0630 e. The average Bonchev–Trinajstić information content (AvgIpc) is 2.25. The molecule has 0 amide bonds. The number of hydrogen-bond donors (Lipinski definition) is 0. The second-order valence-corrected chi connectivity index (χ2v) is 10.8. The van der Waals surface area contributed by atoms with Crippen molar-refractivity contribution in [2.75, 3.05) is 13.3 Å². The SMILES string of the molecule is CON(C[Si](C)(C)C)C(C)c1ccccc1. The van der Waals surface area contributed by atoms with Gasteiger partial charge in [0.15, 0.2) is 0 Å². The van der Waals surface area contributed by atoms with Crippen LogP contribution in [-0.4, -0.2) is 26.4 Å². The molecule has 2 nitrogen and oxygen atoms in total. The van der Waals surface area contributed by atoms with Crippen molar-refractivity contribution in [3.8, 4) is 0 Å². The molecule has 1 aromatic carbocycles. The molecule has 16 heavy (non-hydrogen) atoms. The molecule has 0 saturated carbocycles. The Labute approximate surface area is 100 Å². The molecule has 0 radical (unpaired) electrons. The minimum absolute atomic E-state index is 0.318. The van der Waals surface area contributed by atoms with Gasteiger partial charge < -0.3 is 4.84 Å². The highest BCUT2D eigenvalue weighted by molar-refractivity contribution is 6.76. The Morgan fingerprint density at radius 1 is 1.19 bits per heavy atom. The first-order valence-corrected chi connectivity index (χ1v) is 9.50. The molecule has 1 aromatic rings. The van der Waals surface area contributed by atoms with Gasteiger partial charge in [0.05, 0.1) is 21.2 Å². The normalized spacial score (nSPS) is 14.1. The number of benzene rings is 1. The third kappa shape index (κ3) is 4.08. The maximum atomic E-state index is 5.51. The van der Waals surface area contributed by atoms with Crippen LogP contribution in [0.1, 0.15) is 18.5 Å². The van der Waals surface area contributed by atoms with E-state index in [4.69, 9.17) is 4.84 Å². The summed E-state index contributed by atoms with van der Waals surface area (Å²) in [6.07, 6.45) is 1.06. The van der Waals surface area contributed by atoms with Crippen LogP contribution in [0.25, 0.3) is 0 Å². The van der Waals surface area contributed by atoms with E-state index in [1.165, 1.54) is 5.56 Å². The standard InChI is InChI=1S/C13H23NOSi/c1-12(13-9-7-6-8-10-13)14(15-2)11-16(3,4)5/h6-10,12H,11H2,1-5H3. The van der Waals surface area contributed by atoms with E-state index in [-0.39, 0.29) is 0 Å². The molecule has 0 bridgehead atoms. The molecule has 1 unspecified atom stereocenters. The van der Waals surface area contributed by atoms with Gasteiger partial charge in [-0.3, -0.25) is 0 Å². The van der Waals surface area contributed by atoms with Gasteiger partial charge in [0.2, 0.25) is 0 Å². The first-order valence-electron chi connectivity index (χ1n) is 5.80. The molecule has 90 valence electrons. The molecule has 0 saturated heterocycles. The lowest BCUT2D eigenvalue weighted by Gasteiger charge is -2.31. The molecule has 0 N–H and O–H groups in total. The van der Waals surface area contributed by atoms with Crippen LogP contribution in [0.15, 0.2) is 30.3 Å². The van der Waals surface area contributed by atoms with Gasteiger partial charge in [0.25, 0.3) is 0 Å². The summed E-state index contributed by atoms with van der Waals surface area (Å²) < 4.78 is 0. The zero-order chi connectivity index (χ0) is 12.2. The Morgan fingerprint density at radius 3 is 2.19 bits per heavy atom. The molecule has 1 atom stereocenters. The summed E-state index contributed by atoms with van der Waals surface area (Å²) in [4.78, 5) is 5.51. The molecule has 0 fully saturated rings. The molecule has 0 aliphatic carbocycles. The van der Waals surface area contributed by atoms with Gasteiger partial charge in [-0.1, -0.05) is 50.0 Å². The van der Waals surface area contributed by atoms with Crippen LogP contribution < -0.4 is 0 Å². The number of hydroxylamine groups is 2. The Morgan fingerprint density at radius 2 is 1.75 bits per heavy atom. The summed E-state index contributed by atoms with van der Waals surface area (Å²) in [6.45, 7) is 9.27. The fraction of sp³-hybridized carbons (Fsp3) is 0.538. The van der Waals surface area contributed by atoms with Gasteiger partial charge in [-0.05, 0) is 12.5 Å². The van der Waals surface area contributed by atoms with Crippen LogP contribution in [0.4, 0.5) is 0 Å². The van der Waals surface area contributed by atoms with Crippen LogP contribution in [0, 0.1) is 0 Å². The van der Waals surface area contributed by atoms with Gasteiger partial charge in [0, 0.05) is 6.17 Å². The highest BCUT2D eigenvalue weighted by Gasteiger charge is 2.23. The van der Waals surface area contributed by atoms with Gasteiger partial charge in [-0.2, -0.15) is 5.06 Å². The summed E-state index contributed by atoms with van der Waals surface area (Å²) in [7, 11) is 0.627. The summed E-state index contributed by atoms with van der Waals surface area (Å²) in [6, 6.07) is 10.8. The van der Waals surface area contributed by atoms with E-state index in [0.717, 1.165) is 6.17 Å². The Hall–Kier alpha value is -0.643. The van der Waals surface area contributed by atoms with Crippen molar-refractivity contribution in [1.82, 2.24) is 5.06 Å². The van der Waals surface area contributed by atoms with Crippen molar-refractivity contribution in [3.05, 3.63) is 35.9 Å². The molecule has 3 heteroatoms. The molecule has 0 spiro atoms. The minimum atomic E-state index is -1.14. The van der Waals surface area contributed by atoms with E-state index in [2.05, 4.69) is 55.9 Å². The van der Waals surface area contributed by atoms with Gasteiger partial charge >= 0.3 is 0 Å². The van der Waals surface area contributed by atoms with Crippen molar-refractivity contribution in [3.63, 3.8) is 0 Å². The summed E-state index contributed by atoms with van der Waals surface area (Å²) in [5.41, 5.74) is 1.31. The second kappa shape index (κ2) is 5.62. The van der Waals surface area contributed by atoms with E-state index in [0.29, 0.717) is 6.04 Å². The van der Waals surface area contributed by atoms with Crippen molar-refractivity contribution in [2.45, 2.75) is 32.6 Å². The van der Waals surface area contributed by atoms with E-state index >= 15 is 0 Å². The summed E-state index contributed by atoms with van der Waals surface area (Å²) >= 11 is 0. The third-order valence-electron chi connectivity index (χ3n) is 2.58. The van der Waals surface area contributed by atoms with Crippen LogP contribution in [0.2, 0.25) is 19.6 Å². The molecule has 1 rings (SSSR count). The second-order valence-electron chi connectivity index (χ2n) is 5.41. The highest BCUT2D eigenvalue weighted by Crippen LogP contribution is 2.21. The topological polar surface area (TPSA) is 12.5 Å². The maximum Gasteiger partial charge on any atom is 0.0630 e. The lowest BCUT2D eigenvalue weighted by Crippen LogP contribution is -2.40. The Kier molecular flexibility index (Phi) is 4.71. The summed E-state index contributed by atoms with van der Waals surface area (Å²) in [5.74, 6) is 0. The maximum absolute atomic E-state index is 5.51. The van der Waals surface area contributed by atoms with Crippen LogP contribution in [-0.2, 0) is 4.84 Å². The van der Waals surface area contributed by atoms with E-state index in [1.54, 1.807) is 7.11 Å². The van der Waals surface area contributed by atoms with Gasteiger partial charge in [-0.15, -0.1) is 0 Å². The third-order valence-corrected chi connectivity index (χ3v) is 3.84. The van der Waals surface area contributed by atoms with Crippen molar-refractivity contribution in [1.29, 1.82) is 0 Å². The molecule has 0 aromatic heterocycles. The van der Waals surface area contributed by atoms with Crippen molar-refractivity contribution >= 4 is 8.07 Å². The lowest BCUT2D eigenvalue weighted by atomic mass is 10.1. The zero-order valence-corrected chi connectivity index (χ0v) is 12.0. The minimum Gasteiger partial charge on any atom is -0.302 e. The highest BCUT2D eigenvalue weighted by atomic mass is 28.3. The Balaban J connectivity index is 2.74. The molecule has 0 aliphatic rings. The lowest BCUT2D eigenvalue weighted by molar-refractivity contribution is -0.147. The fourth-order valence-corrected chi connectivity index (χ4v) is 3.06. The van der Waals surface area contributed by atoms with E-state index < -0.39 is 8.07 Å². The zero-order valence-electron chi connectivity index (χ0n) is 11.0. The van der Waals surface area contributed by atoms with Gasteiger partial charge in [0.1, 0.15) is 0 Å². The average molecular weight is 237 g/mol. The Bertz CT molecular complexity index is 307. The summed E-state index contributed by atoms with van der Waals surface area (Å²) in [5, 5.41) is 2.10. The first-order chi connectivity index (χ1) is 7.44. The molecule has 0 aliphatic heterocycles. The van der Waals surface area contributed by atoms with Crippen LogP contribution in [0.5, 0.6) is 0 Å². The molecule has 0 heterocycles. The number of nitrogens with zero attached hydrogens (tertiary/aromatic N) is 1. The van der Waals surface area contributed by atoms with Crippen molar-refractivity contribution < 1.29 is 4.84 Å². The first kappa shape index (κ1) is 13.4. The molecular formula is C13H23NOSi. The number of rotatable bonds is 5. The molecular weight excluding hydrogens is 214 g/mol. The van der Waals surface area contributed by atoms with Crippen molar-refractivity contribution in [2.24, 2.45) is 0 Å². The van der Waals surface area contributed by atoms with E-state index in [9.17, 15) is 0 Å². The van der Waals surface area contributed by atoms with E-state index in [1.807, 2.05) is 6.07 Å². The number of hydrogen-bond acceptors (Lipinski definition) is 2. The predicted molar refractivity (Wildman–Crippen MR) is 71.9 cm³/mol. The fourth-order valence-electron chi connectivity index (χ4n) is 1.72. The predicted octanol–water partition coefficient (Wildman–Crippen LogP) is 3.49. The van der Waals surface area contributed by atoms with Crippen LogP contribution >= 0.6 is 0 Å². The quantitative estimate of drug-likeness (QED) is 0.574. The van der Waals surface area contributed by atoms with Crippen LogP contribution in [0.3, 0.4) is 0 Å². The van der Waals surface area contributed by atoms with Gasteiger partial charge in [-0.25, -0.2) is 0 Å².